The van der Waals surface area contributed by atoms with Crippen molar-refractivity contribution in [3.05, 3.63) is 17.5 Å². The van der Waals surface area contributed by atoms with E-state index in [9.17, 15) is 5.11 Å². The van der Waals surface area contributed by atoms with Gasteiger partial charge in [0.25, 0.3) is 0 Å². The summed E-state index contributed by atoms with van der Waals surface area (Å²) in [7, 11) is 1.93. The van der Waals surface area contributed by atoms with Gasteiger partial charge in [0.1, 0.15) is 0 Å². The molecular weight excluding hydrogens is 254 g/mol. The van der Waals surface area contributed by atoms with Crippen LogP contribution in [0.3, 0.4) is 0 Å². The smallest absolute Gasteiger partial charge is 0.0897 e. The van der Waals surface area contributed by atoms with Gasteiger partial charge in [0.15, 0.2) is 0 Å². The molecule has 0 fully saturated rings. The van der Waals surface area contributed by atoms with E-state index >= 15 is 0 Å². The zero-order valence-electron chi connectivity index (χ0n) is 13.2. The van der Waals surface area contributed by atoms with Gasteiger partial charge in [0.05, 0.1) is 18.9 Å². The van der Waals surface area contributed by atoms with Gasteiger partial charge in [0, 0.05) is 38.0 Å². The molecule has 0 saturated heterocycles. The van der Waals surface area contributed by atoms with Crippen LogP contribution in [0.15, 0.2) is 6.20 Å². The van der Waals surface area contributed by atoms with Gasteiger partial charge in [-0.3, -0.25) is 4.68 Å². The molecule has 2 N–H and O–H groups in total. The molecule has 1 unspecified atom stereocenters. The van der Waals surface area contributed by atoms with Gasteiger partial charge in [-0.05, 0) is 25.7 Å². The third-order valence-corrected chi connectivity index (χ3v) is 3.41. The van der Waals surface area contributed by atoms with E-state index < -0.39 is 6.10 Å². The van der Waals surface area contributed by atoms with Gasteiger partial charge < -0.3 is 15.2 Å². The minimum absolute atomic E-state index is 0.400. The molecular formula is C15H29N3O2. The Bertz CT molecular complexity index is 377. The van der Waals surface area contributed by atoms with E-state index in [2.05, 4.69) is 24.3 Å². The fourth-order valence-corrected chi connectivity index (χ4v) is 1.96. The van der Waals surface area contributed by atoms with Gasteiger partial charge in [0.2, 0.25) is 0 Å². The molecule has 20 heavy (non-hydrogen) atoms. The highest BCUT2D eigenvalue weighted by atomic mass is 16.5. The van der Waals surface area contributed by atoms with E-state index in [-0.39, 0.29) is 0 Å². The number of aliphatic hydroxyl groups is 1. The van der Waals surface area contributed by atoms with Crippen molar-refractivity contribution in [2.24, 2.45) is 13.0 Å². The number of ether oxygens (including phenoxy) is 1. The summed E-state index contributed by atoms with van der Waals surface area (Å²) in [6, 6.07) is 0. The summed E-state index contributed by atoms with van der Waals surface area (Å²) in [5.41, 5.74) is 2.31. The zero-order chi connectivity index (χ0) is 15.0. The molecule has 0 spiro atoms. The summed E-state index contributed by atoms with van der Waals surface area (Å²) >= 11 is 0. The summed E-state index contributed by atoms with van der Waals surface area (Å²) < 4.78 is 7.32. The lowest BCUT2D eigenvalue weighted by atomic mass is 10.1. The van der Waals surface area contributed by atoms with Crippen molar-refractivity contribution in [2.75, 3.05) is 19.8 Å². The molecule has 0 saturated carbocycles. The Morgan fingerprint density at radius 1 is 1.45 bits per heavy atom. The van der Waals surface area contributed by atoms with Crippen LogP contribution < -0.4 is 5.32 Å². The quantitative estimate of drug-likeness (QED) is 0.641. The average Bonchev–Trinajstić information content (AvgIpc) is 2.70. The van der Waals surface area contributed by atoms with Crippen molar-refractivity contribution < 1.29 is 9.84 Å². The second kappa shape index (κ2) is 9.10. The van der Waals surface area contributed by atoms with Crippen LogP contribution in [0.25, 0.3) is 0 Å². The van der Waals surface area contributed by atoms with Crippen LogP contribution in [0.5, 0.6) is 0 Å². The largest absolute Gasteiger partial charge is 0.389 e. The van der Waals surface area contributed by atoms with Crippen molar-refractivity contribution in [1.29, 1.82) is 0 Å². The average molecular weight is 283 g/mol. The van der Waals surface area contributed by atoms with Gasteiger partial charge in [-0.25, -0.2) is 0 Å². The minimum atomic E-state index is -0.453. The Hall–Kier alpha value is -0.910. The van der Waals surface area contributed by atoms with Crippen LogP contribution in [-0.2, 0) is 18.3 Å². The molecule has 1 aromatic rings. The fraction of sp³-hybridized carbons (Fsp3) is 0.800. The molecule has 0 aliphatic carbocycles. The molecule has 1 heterocycles. The van der Waals surface area contributed by atoms with Crippen LogP contribution in [0.2, 0.25) is 0 Å². The number of aromatic nitrogens is 2. The third kappa shape index (κ3) is 6.50. The Balaban J connectivity index is 2.05. The monoisotopic (exact) mass is 283 g/mol. The summed E-state index contributed by atoms with van der Waals surface area (Å²) in [5.74, 6) is 0.716. The van der Waals surface area contributed by atoms with Gasteiger partial charge in [-0.1, -0.05) is 13.8 Å². The molecule has 1 rings (SSSR count). The van der Waals surface area contributed by atoms with Gasteiger partial charge in [-0.2, -0.15) is 5.10 Å². The van der Waals surface area contributed by atoms with E-state index in [0.717, 1.165) is 30.8 Å². The predicted octanol–water partition coefficient (Wildman–Crippen LogP) is 1.63. The topological polar surface area (TPSA) is 59.3 Å². The first-order valence-electron chi connectivity index (χ1n) is 7.44. The molecule has 1 aromatic heterocycles. The highest BCUT2D eigenvalue weighted by molar-refractivity contribution is 5.15. The lowest BCUT2D eigenvalue weighted by Crippen LogP contribution is -2.30. The highest BCUT2D eigenvalue weighted by Crippen LogP contribution is 2.05. The maximum Gasteiger partial charge on any atom is 0.0897 e. The van der Waals surface area contributed by atoms with E-state index in [1.54, 1.807) is 0 Å². The second-order valence-electron chi connectivity index (χ2n) is 5.77. The van der Waals surface area contributed by atoms with Crippen LogP contribution in [0, 0.1) is 12.8 Å². The van der Waals surface area contributed by atoms with Crippen LogP contribution >= 0.6 is 0 Å². The maximum atomic E-state index is 9.80. The minimum Gasteiger partial charge on any atom is -0.389 e. The molecule has 0 amide bonds. The third-order valence-electron chi connectivity index (χ3n) is 3.41. The number of nitrogens with one attached hydrogen (secondary N) is 1. The second-order valence-corrected chi connectivity index (χ2v) is 5.77. The lowest BCUT2D eigenvalue weighted by Gasteiger charge is -2.12. The number of nitrogens with zero attached hydrogens (tertiary/aromatic N) is 2. The molecule has 116 valence electrons. The van der Waals surface area contributed by atoms with E-state index in [0.29, 0.717) is 19.1 Å². The summed E-state index contributed by atoms with van der Waals surface area (Å²) in [4.78, 5) is 0. The number of hydrogen-bond donors (Lipinski definition) is 2. The fourth-order valence-electron chi connectivity index (χ4n) is 1.96. The van der Waals surface area contributed by atoms with Crippen molar-refractivity contribution >= 4 is 0 Å². The van der Waals surface area contributed by atoms with Crippen molar-refractivity contribution in [2.45, 2.75) is 46.3 Å². The van der Waals surface area contributed by atoms with Crippen molar-refractivity contribution in [1.82, 2.24) is 15.1 Å². The van der Waals surface area contributed by atoms with Crippen LogP contribution in [0.1, 0.15) is 37.9 Å². The Kier molecular flexibility index (Phi) is 7.80. The van der Waals surface area contributed by atoms with Crippen LogP contribution in [-0.4, -0.2) is 40.7 Å². The normalized spacial score (nSPS) is 13.1. The number of rotatable bonds is 10. The molecule has 5 nitrogen and oxygen atoms in total. The Morgan fingerprint density at radius 3 is 2.80 bits per heavy atom. The SMILES string of the molecule is Cc1c(CNCC(O)COCCCC(C)C)cnn1C. The molecule has 0 bridgehead atoms. The molecule has 0 aliphatic heterocycles. The first-order chi connectivity index (χ1) is 9.50. The lowest BCUT2D eigenvalue weighted by molar-refractivity contribution is 0.0346. The standard InChI is InChI=1S/C15H29N3O2/c1-12(2)6-5-7-20-11-15(19)10-16-8-14-9-17-18(4)13(14)3/h9,12,15-16,19H,5-8,10-11H2,1-4H3. The predicted molar refractivity (Wildman–Crippen MR) is 80.5 cm³/mol. The Labute approximate surface area is 122 Å². The summed E-state index contributed by atoms with van der Waals surface area (Å²) in [5, 5.41) is 17.2. The molecule has 0 aromatic carbocycles. The number of aryl methyl sites for hydroxylation is 1. The molecule has 5 heteroatoms. The molecule has 0 radical (unpaired) electrons. The first kappa shape index (κ1) is 17.1. The zero-order valence-corrected chi connectivity index (χ0v) is 13.2. The summed E-state index contributed by atoms with van der Waals surface area (Å²) in [6.07, 6.45) is 3.64. The highest BCUT2D eigenvalue weighted by Gasteiger charge is 2.06. The van der Waals surface area contributed by atoms with Gasteiger partial charge >= 0.3 is 0 Å². The van der Waals surface area contributed by atoms with E-state index in [4.69, 9.17) is 4.74 Å². The van der Waals surface area contributed by atoms with Crippen LogP contribution in [0.4, 0.5) is 0 Å². The van der Waals surface area contributed by atoms with Crippen molar-refractivity contribution in [3.8, 4) is 0 Å². The number of hydrogen-bond acceptors (Lipinski definition) is 4. The first-order valence-corrected chi connectivity index (χ1v) is 7.44. The van der Waals surface area contributed by atoms with E-state index in [1.807, 2.05) is 24.9 Å². The summed E-state index contributed by atoms with van der Waals surface area (Å²) in [6.45, 7) is 8.85. The number of aliphatic hydroxyl groups excluding tert-OH is 1. The molecule has 0 aliphatic rings. The van der Waals surface area contributed by atoms with Gasteiger partial charge in [-0.15, -0.1) is 0 Å². The van der Waals surface area contributed by atoms with Crippen molar-refractivity contribution in [3.63, 3.8) is 0 Å². The maximum absolute atomic E-state index is 9.80. The Morgan fingerprint density at radius 2 is 2.20 bits per heavy atom. The molecule has 1 atom stereocenters. The van der Waals surface area contributed by atoms with E-state index in [1.165, 1.54) is 6.42 Å².